The van der Waals surface area contributed by atoms with E-state index in [0.29, 0.717) is 16.0 Å². The van der Waals surface area contributed by atoms with E-state index in [-0.39, 0.29) is 27.5 Å². The van der Waals surface area contributed by atoms with Gasteiger partial charge in [0.2, 0.25) is 0 Å². The normalized spacial score (nSPS) is 17.1. The van der Waals surface area contributed by atoms with E-state index in [1.165, 1.54) is 43.5 Å². The molecular formula is C25H16FN3O6S. The maximum absolute atomic E-state index is 13.5. The van der Waals surface area contributed by atoms with Crippen molar-refractivity contribution in [3.8, 4) is 5.75 Å². The van der Waals surface area contributed by atoms with Gasteiger partial charge in [-0.3, -0.25) is 24.6 Å². The molecule has 2 heterocycles. The second-order valence-electron chi connectivity index (χ2n) is 7.86. The van der Waals surface area contributed by atoms with Gasteiger partial charge in [-0.05, 0) is 48.0 Å². The summed E-state index contributed by atoms with van der Waals surface area (Å²) in [5.74, 6) is -2.46. The Morgan fingerprint density at radius 2 is 1.89 bits per heavy atom. The van der Waals surface area contributed by atoms with E-state index in [4.69, 9.17) is 4.74 Å². The molecule has 5 rings (SSSR count). The van der Waals surface area contributed by atoms with Gasteiger partial charge in [0.15, 0.2) is 5.13 Å². The Morgan fingerprint density at radius 3 is 2.58 bits per heavy atom. The smallest absolute Gasteiger partial charge is 0.301 e. The molecule has 0 bridgehead atoms. The molecule has 1 aliphatic rings. The molecule has 1 atom stereocenters. The van der Waals surface area contributed by atoms with Gasteiger partial charge in [0, 0.05) is 17.7 Å². The lowest BCUT2D eigenvalue weighted by atomic mass is 9.95. The Hall–Kier alpha value is -4.64. The van der Waals surface area contributed by atoms with Crippen LogP contribution in [0.3, 0.4) is 0 Å². The van der Waals surface area contributed by atoms with Crippen molar-refractivity contribution in [3.63, 3.8) is 0 Å². The van der Waals surface area contributed by atoms with Crippen molar-refractivity contribution in [1.29, 1.82) is 0 Å². The van der Waals surface area contributed by atoms with Crippen LogP contribution in [0.4, 0.5) is 15.2 Å². The maximum Gasteiger partial charge on any atom is 0.301 e. The molecule has 0 spiro atoms. The lowest BCUT2D eigenvalue weighted by Crippen LogP contribution is -2.29. The monoisotopic (exact) mass is 505 g/mol. The molecule has 11 heteroatoms. The summed E-state index contributed by atoms with van der Waals surface area (Å²) in [5.41, 5.74) is 0.342. The molecule has 1 aliphatic heterocycles. The summed E-state index contributed by atoms with van der Waals surface area (Å²) in [6.45, 7) is 0. The highest BCUT2D eigenvalue weighted by molar-refractivity contribution is 7.22. The van der Waals surface area contributed by atoms with Crippen LogP contribution in [-0.2, 0) is 9.59 Å². The summed E-state index contributed by atoms with van der Waals surface area (Å²) in [5, 5.41) is 22.7. The number of nitro benzene ring substituents is 1. The fraction of sp³-hybridized carbons (Fsp3) is 0.0800. The Morgan fingerprint density at radius 1 is 1.14 bits per heavy atom. The second-order valence-corrected chi connectivity index (χ2v) is 8.87. The minimum absolute atomic E-state index is 0.110. The minimum Gasteiger partial charge on any atom is -0.507 e. The SMILES string of the molecule is COc1ccc2nc(N3C(=O)C(=O)/C(=C(/O)c4ccc(F)cc4)C3c3cccc([N+](=O)[O-])c3)sc2c1. The van der Waals surface area contributed by atoms with Crippen molar-refractivity contribution < 1.29 is 28.7 Å². The fourth-order valence-corrected chi connectivity index (χ4v) is 5.06. The van der Waals surface area contributed by atoms with E-state index >= 15 is 0 Å². The van der Waals surface area contributed by atoms with Gasteiger partial charge < -0.3 is 9.84 Å². The molecule has 0 radical (unpaired) electrons. The first-order valence-corrected chi connectivity index (χ1v) is 11.4. The lowest BCUT2D eigenvalue weighted by Gasteiger charge is -2.22. The molecular weight excluding hydrogens is 489 g/mol. The van der Waals surface area contributed by atoms with E-state index in [9.17, 15) is 29.2 Å². The van der Waals surface area contributed by atoms with Gasteiger partial charge in [0.05, 0.1) is 33.9 Å². The van der Waals surface area contributed by atoms with Crippen LogP contribution >= 0.6 is 11.3 Å². The van der Waals surface area contributed by atoms with Crippen molar-refractivity contribution >= 4 is 49.8 Å². The van der Waals surface area contributed by atoms with Crippen molar-refractivity contribution in [1.82, 2.24) is 4.98 Å². The molecule has 3 aromatic carbocycles. The van der Waals surface area contributed by atoms with Crippen LogP contribution in [0.5, 0.6) is 5.75 Å². The molecule has 1 saturated heterocycles. The van der Waals surface area contributed by atoms with E-state index in [1.807, 2.05) is 0 Å². The standard InChI is InChI=1S/C25H16FN3O6S/c1-35-17-9-10-18-19(12-17)36-25(27-18)28-21(14-3-2-4-16(11-14)29(33)34)20(23(31)24(28)32)22(30)13-5-7-15(26)8-6-13/h2-12,21,30H,1H3/b22-20+. The van der Waals surface area contributed by atoms with E-state index in [2.05, 4.69) is 4.98 Å². The number of carbonyl (C=O) groups is 2. The molecule has 1 fully saturated rings. The van der Waals surface area contributed by atoms with Gasteiger partial charge in [0.1, 0.15) is 17.3 Å². The zero-order valence-corrected chi connectivity index (χ0v) is 19.4. The Kier molecular flexibility index (Phi) is 5.69. The number of Topliss-reactive ketones (excluding diaryl/α,β-unsaturated/α-hetero) is 1. The third-order valence-corrected chi connectivity index (χ3v) is 6.77. The predicted octanol–water partition coefficient (Wildman–Crippen LogP) is 4.98. The number of aliphatic hydroxyl groups excluding tert-OH is 1. The summed E-state index contributed by atoms with van der Waals surface area (Å²) < 4.78 is 19.4. The van der Waals surface area contributed by atoms with Crippen LogP contribution < -0.4 is 9.64 Å². The fourth-order valence-electron chi connectivity index (χ4n) is 4.04. The van der Waals surface area contributed by atoms with Gasteiger partial charge in [-0.2, -0.15) is 0 Å². The van der Waals surface area contributed by atoms with Crippen LogP contribution in [0, 0.1) is 15.9 Å². The number of fused-ring (bicyclic) bond motifs is 1. The number of aromatic nitrogens is 1. The number of benzene rings is 3. The van der Waals surface area contributed by atoms with Crippen LogP contribution in [0.1, 0.15) is 17.2 Å². The number of ether oxygens (including phenoxy) is 1. The summed E-state index contributed by atoms with van der Waals surface area (Å²) in [4.78, 5) is 43.0. The summed E-state index contributed by atoms with van der Waals surface area (Å²) in [7, 11) is 1.51. The number of hydrogen-bond acceptors (Lipinski definition) is 8. The number of rotatable bonds is 5. The highest BCUT2D eigenvalue weighted by Gasteiger charge is 2.48. The molecule has 9 nitrogen and oxygen atoms in total. The number of carbonyl (C=O) groups excluding carboxylic acids is 2. The number of methoxy groups -OCH3 is 1. The Bertz CT molecular complexity index is 1580. The maximum atomic E-state index is 13.5. The molecule has 1 amide bonds. The number of ketones is 1. The average molecular weight is 505 g/mol. The summed E-state index contributed by atoms with van der Waals surface area (Å²) >= 11 is 1.12. The highest BCUT2D eigenvalue weighted by Crippen LogP contribution is 2.45. The van der Waals surface area contributed by atoms with Crippen LogP contribution in [0.15, 0.2) is 72.3 Å². The number of non-ortho nitro benzene ring substituents is 1. The third kappa shape index (κ3) is 3.85. The first-order valence-electron chi connectivity index (χ1n) is 10.5. The average Bonchev–Trinajstić information content (AvgIpc) is 3.41. The first kappa shape index (κ1) is 23.1. The predicted molar refractivity (Wildman–Crippen MR) is 130 cm³/mol. The molecule has 1 aromatic heterocycles. The van der Waals surface area contributed by atoms with Crippen LogP contribution in [0.25, 0.3) is 16.0 Å². The molecule has 1 N–H and O–H groups in total. The van der Waals surface area contributed by atoms with Gasteiger partial charge in [-0.25, -0.2) is 9.37 Å². The topological polar surface area (TPSA) is 123 Å². The molecule has 4 aromatic rings. The summed E-state index contributed by atoms with van der Waals surface area (Å²) in [6, 6.07) is 14.1. The van der Waals surface area contributed by atoms with Crippen LogP contribution in [0.2, 0.25) is 0 Å². The number of amides is 1. The number of aliphatic hydroxyl groups is 1. The van der Waals surface area contributed by atoms with Gasteiger partial charge in [-0.1, -0.05) is 23.5 Å². The zero-order valence-electron chi connectivity index (χ0n) is 18.5. The van der Waals surface area contributed by atoms with Crippen molar-refractivity contribution in [2.75, 3.05) is 12.0 Å². The van der Waals surface area contributed by atoms with E-state index < -0.39 is 34.2 Å². The molecule has 0 aliphatic carbocycles. The largest absolute Gasteiger partial charge is 0.507 e. The Balaban J connectivity index is 1.74. The second kappa shape index (κ2) is 8.86. The number of halogens is 1. The number of thiazole rings is 1. The number of anilines is 1. The van der Waals surface area contributed by atoms with Gasteiger partial charge >= 0.3 is 5.91 Å². The number of hydrogen-bond donors (Lipinski definition) is 1. The van der Waals surface area contributed by atoms with Crippen LogP contribution in [-0.4, -0.2) is 33.8 Å². The van der Waals surface area contributed by atoms with Crippen molar-refractivity contribution in [3.05, 3.63) is 99.4 Å². The summed E-state index contributed by atoms with van der Waals surface area (Å²) in [6.07, 6.45) is 0. The minimum atomic E-state index is -1.21. The quantitative estimate of drug-likeness (QED) is 0.133. The Labute approximate surface area is 206 Å². The highest BCUT2D eigenvalue weighted by atomic mass is 32.1. The van der Waals surface area contributed by atoms with Crippen molar-refractivity contribution in [2.45, 2.75) is 6.04 Å². The van der Waals surface area contributed by atoms with E-state index in [1.54, 1.807) is 18.2 Å². The van der Waals surface area contributed by atoms with Gasteiger partial charge in [0.25, 0.3) is 11.5 Å². The number of nitrogens with zero attached hydrogens (tertiary/aromatic N) is 3. The van der Waals surface area contributed by atoms with Crippen molar-refractivity contribution in [2.24, 2.45) is 0 Å². The molecule has 1 unspecified atom stereocenters. The van der Waals surface area contributed by atoms with Gasteiger partial charge in [-0.15, -0.1) is 0 Å². The molecule has 0 saturated carbocycles. The molecule has 180 valence electrons. The first-order chi connectivity index (χ1) is 17.3. The van der Waals surface area contributed by atoms with E-state index in [0.717, 1.165) is 28.4 Å². The molecule has 36 heavy (non-hydrogen) atoms. The third-order valence-electron chi connectivity index (χ3n) is 5.75. The number of nitro groups is 1. The zero-order chi connectivity index (χ0) is 25.6. The lowest BCUT2D eigenvalue weighted by molar-refractivity contribution is -0.384.